The maximum Gasteiger partial charge on any atom is -0.147 e. The van der Waals surface area contributed by atoms with Gasteiger partial charge in [0.15, 0.2) is 0 Å². The first-order chi connectivity index (χ1) is 11.9. The fraction of sp³-hybridized carbons (Fsp3) is 0.667. The van der Waals surface area contributed by atoms with Gasteiger partial charge in [-0.3, -0.25) is 0 Å². The van der Waals surface area contributed by atoms with E-state index in [-0.39, 0.29) is 24.8 Å². The summed E-state index contributed by atoms with van der Waals surface area (Å²) in [7, 11) is 0. The maximum atomic E-state index is 2.78. The Balaban J connectivity index is 0.00000140. The van der Waals surface area contributed by atoms with Gasteiger partial charge in [-0.1, -0.05) is 0 Å². The molecule has 4 aliphatic rings. The monoisotopic (exact) mass is 516 g/mol. The molecule has 0 spiro atoms. The molecule has 28 heavy (non-hydrogen) atoms. The standard InChI is InChI=1S/2C11H15.2CH3.2ClH.H2Si.Zr/c2*1-11(2)8-4-6-9-5-3-7-10(9)11;;;;;;/h2*3,5,7H,4,6,8H2,1-2H3;2*1H3;2*1H;1H2;. The third-order valence-electron chi connectivity index (χ3n) is 8.35. The van der Waals surface area contributed by atoms with Crippen molar-refractivity contribution in [3.05, 3.63) is 46.6 Å². The molecule has 0 fully saturated rings. The quantitative estimate of drug-likeness (QED) is 0.326. The van der Waals surface area contributed by atoms with Crippen LogP contribution in [0.15, 0.2) is 46.6 Å². The number of allylic oxidation sites excluding steroid dienone is 8. The molecule has 0 radical (unpaired) electrons. The van der Waals surface area contributed by atoms with E-state index in [2.05, 4.69) is 68.1 Å². The summed E-state index contributed by atoms with van der Waals surface area (Å²) >= 11 is -3.01. The van der Waals surface area contributed by atoms with E-state index in [1.165, 1.54) is 38.5 Å². The minimum absolute atomic E-state index is 0. The van der Waals surface area contributed by atoms with Gasteiger partial charge in [0.05, 0.1) is 0 Å². The molecule has 0 amide bonds. The van der Waals surface area contributed by atoms with Gasteiger partial charge < -0.3 is 0 Å². The van der Waals surface area contributed by atoms with Crippen LogP contribution in [0.5, 0.6) is 0 Å². The molecule has 0 nitrogen and oxygen atoms in total. The fourth-order valence-corrected chi connectivity index (χ4v) is 22.9. The number of hydrogen-bond acceptors (Lipinski definition) is 0. The molecule has 0 aliphatic heterocycles. The average molecular weight is 519 g/mol. The van der Waals surface area contributed by atoms with Gasteiger partial charge in [-0.25, -0.2) is 0 Å². The summed E-state index contributed by atoms with van der Waals surface area (Å²) in [4.78, 5) is 0. The Morgan fingerprint density at radius 1 is 0.786 bits per heavy atom. The van der Waals surface area contributed by atoms with Gasteiger partial charge in [0, 0.05) is 0 Å². The summed E-state index contributed by atoms with van der Waals surface area (Å²) in [6.45, 7) is 12.4. The van der Waals surface area contributed by atoms with E-state index >= 15 is 0 Å². The van der Waals surface area contributed by atoms with E-state index in [9.17, 15) is 0 Å². The van der Waals surface area contributed by atoms with E-state index < -0.39 is 17.4 Å². The molecule has 0 heterocycles. The fourth-order valence-electron chi connectivity index (χ4n) is 6.75. The van der Waals surface area contributed by atoms with E-state index in [4.69, 9.17) is 0 Å². The first-order valence-electron chi connectivity index (χ1n) is 10.8. The molecule has 0 aromatic heterocycles. The van der Waals surface area contributed by atoms with Crippen LogP contribution in [-0.4, -0.2) is 6.88 Å². The van der Waals surface area contributed by atoms with Crippen LogP contribution in [0.25, 0.3) is 0 Å². The van der Waals surface area contributed by atoms with Crippen molar-refractivity contribution in [3.8, 4) is 0 Å². The van der Waals surface area contributed by atoms with Gasteiger partial charge in [-0.05, 0) is 0 Å². The minimum Gasteiger partial charge on any atom is -0.147 e. The third-order valence-corrected chi connectivity index (χ3v) is 26.3. The predicted molar refractivity (Wildman–Crippen MR) is 130 cm³/mol. The van der Waals surface area contributed by atoms with Crippen LogP contribution in [0.3, 0.4) is 0 Å². The van der Waals surface area contributed by atoms with E-state index in [0.29, 0.717) is 10.8 Å². The van der Waals surface area contributed by atoms with Crippen LogP contribution >= 0.6 is 24.8 Å². The van der Waals surface area contributed by atoms with E-state index in [1.807, 2.05) is 11.1 Å². The van der Waals surface area contributed by atoms with Gasteiger partial charge in [0.25, 0.3) is 0 Å². The summed E-state index contributed by atoms with van der Waals surface area (Å²) in [5.74, 6) is 0. The van der Waals surface area contributed by atoms with Crippen LogP contribution in [-0.2, 0) is 17.4 Å². The second-order valence-corrected chi connectivity index (χ2v) is 42.7. The molecule has 0 N–H and O–H groups in total. The topological polar surface area (TPSA) is 0 Å². The molecule has 2 unspecified atom stereocenters. The molecule has 2 atom stereocenters. The second-order valence-electron chi connectivity index (χ2n) is 12.0. The number of halogens is 2. The SMILES string of the molecule is CC1(C)CCCC2=C1C=C[CH]2[Zr]([CH3])([CH3])(=[SiH2])[CH]1C=CC2=C1CCCC2(C)C.Cl.Cl. The molecule has 0 aromatic carbocycles. The van der Waals surface area contributed by atoms with Crippen molar-refractivity contribution < 1.29 is 17.4 Å². The van der Waals surface area contributed by atoms with Crippen molar-refractivity contribution in [2.24, 2.45) is 10.8 Å². The summed E-state index contributed by atoms with van der Waals surface area (Å²) in [6, 6.07) is 0. The summed E-state index contributed by atoms with van der Waals surface area (Å²) in [5, 5.41) is 0. The first kappa shape index (κ1) is 24.9. The molecule has 0 saturated carbocycles. The zero-order chi connectivity index (χ0) is 19.0. The molecule has 158 valence electrons. The minimum atomic E-state index is -3.01. The Labute approximate surface area is 188 Å². The largest absolute Gasteiger partial charge is 0.147 e. The van der Waals surface area contributed by atoms with Crippen molar-refractivity contribution >= 4 is 31.7 Å². The summed E-state index contributed by atoms with van der Waals surface area (Å²) in [6.07, 6.45) is 18.6. The van der Waals surface area contributed by atoms with Crippen LogP contribution in [0.1, 0.15) is 66.2 Å². The van der Waals surface area contributed by atoms with Crippen LogP contribution in [0, 0.1) is 10.8 Å². The van der Waals surface area contributed by atoms with Crippen LogP contribution in [0.2, 0.25) is 16.5 Å². The smallest absolute Gasteiger partial charge is 0.147 e. The Kier molecular flexibility index (Phi) is 6.80. The van der Waals surface area contributed by atoms with Gasteiger partial charge in [0.1, 0.15) is 0 Å². The molecular formula is C24H40Cl2SiZr. The number of hydrogen-bond donors (Lipinski definition) is 0. The Morgan fingerprint density at radius 2 is 1.14 bits per heavy atom. The molecule has 4 aliphatic carbocycles. The van der Waals surface area contributed by atoms with Gasteiger partial charge in [-0.15, -0.1) is 24.8 Å². The van der Waals surface area contributed by atoms with Crippen molar-refractivity contribution in [1.82, 2.24) is 0 Å². The van der Waals surface area contributed by atoms with Crippen molar-refractivity contribution in [3.63, 3.8) is 0 Å². The van der Waals surface area contributed by atoms with E-state index in [0.717, 1.165) is 7.25 Å². The average Bonchev–Trinajstić information content (AvgIpc) is 3.12. The molecule has 4 heteroatoms. The Bertz CT molecular complexity index is 784. The maximum absolute atomic E-state index is 3.01. The van der Waals surface area contributed by atoms with Crippen LogP contribution < -0.4 is 0 Å². The van der Waals surface area contributed by atoms with Crippen molar-refractivity contribution in [1.29, 1.82) is 0 Å². The number of rotatable bonds is 2. The predicted octanol–water partition coefficient (Wildman–Crippen LogP) is 7.89. The van der Waals surface area contributed by atoms with Gasteiger partial charge >= 0.3 is 164 Å². The zero-order valence-corrected chi connectivity index (χ0v) is 24.2. The molecular weight excluding hydrogens is 478 g/mol. The molecule has 0 bridgehead atoms. The normalized spacial score (nSPS) is 30.5. The van der Waals surface area contributed by atoms with Gasteiger partial charge in [0.2, 0.25) is 0 Å². The van der Waals surface area contributed by atoms with Gasteiger partial charge in [-0.2, -0.15) is 0 Å². The molecule has 4 rings (SSSR count). The second kappa shape index (κ2) is 7.65. The first-order valence-corrected chi connectivity index (χ1v) is 24.5. The van der Waals surface area contributed by atoms with E-state index in [1.54, 1.807) is 11.1 Å². The zero-order valence-electron chi connectivity index (χ0n) is 18.7. The Hall–Kier alpha value is 0.640. The van der Waals surface area contributed by atoms with Crippen molar-refractivity contribution in [2.45, 2.75) is 82.7 Å². The summed E-state index contributed by atoms with van der Waals surface area (Å²) < 4.78 is 7.13. The summed E-state index contributed by atoms with van der Waals surface area (Å²) in [5.41, 5.74) is 7.91. The molecule has 0 saturated heterocycles. The Morgan fingerprint density at radius 3 is 1.50 bits per heavy atom. The molecule has 0 aromatic rings. The third kappa shape index (κ3) is 3.72. The van der Waals surface area contributed by atoms with Crippen molar-refractivity contribution in [2.75, 3.05) is 0 Å². The van der Waals surface area contributed by atoms with Crippen LogP contribution in [0.4, 0.5) is 0 Å².